The van der Waals surface area contributed by atoms with Gasteiger partial charge in [0, 0.05) is 17.2 Å². The Morgan fingerprint density at radius 1 is 0.917 bits per heavy atom. The number of hydrogen-bond acceptors (Lipinski definition) is 2. The van der Waals surface area contributed by atoms with Crippen molar-refractivity contribution in [2.75, 3.05) is 5.75 Å². The normalized spacial score (nSPS) is 18.3. The summed E-state index contributed by atoms with van der Waals surface area (Å²) in [7, 11) is 0. The average Bonchev–Trinajstić information content (AvgIpc) is 2.91. The first-order valence-electron chi connectivity index (χ1n) is 13.4. The molecule has 0 radical (unpaired) electrons. The number of amides is 1. The van der Waals surface area contributed by atoms with Crippen LogP contribution in [0.3, 0.4) is 0 Å². The first-order valence-corrected chi connectivity index (χ1v) is 14.4. The predicted octanol–water partition coefficient (Wildman–Crippen LogP) is 8.58. The Bertz CT molecular complexity index is 1500. The molecule has 2 unspecified atom stereocenters. The molecular weight excluding hydrogens is 458 g/mol. The molecule has 0 aromatic heterocycles. The Kier molecular flexibility index (Phi) is 6.35. The summed E-state index contributed by atoms with van der Waals surface area (Å²) in [4.78, 5) is 14.2. The maximum atomic E-state index is 12.8. The van der Waals surface area contributed by atoms with E-state index < -0.39 is 0 Å². The van der Waals surface area contributed by atoms with Crippen LogP contribution in [-0.2, 0) is 11.2 Å². The van der Waals surface area contributed by atoms with Crippen LogP contribution in [0.15, 0.2) is 77.2 Å². The third-order valence-electron chi connectivity index (χ3n) is 7.92. The molecule has 2 aliphatic carbocycles. The summed E-state index contributed by atoms with van der Waals surface area (Å²) in [6.45, 7) is 4.20. The van der Waals surface area contributed by atoms with Gasteiger partial charge in [-0.25, -0.2) is 0 Å². The Balaban J connectivity index is 1.51. The zero-order chi connectivity index (χ0) is 24.6. The molecule has 1 amide bonds. The van der Waals surface area contributed by atoms with Crippen LogP contribution in [0.5, 0.6) is 0 Å². The minimum absolute atomic E-state index is 0.0973. The van der Waals surface area contributed by atoms with Crippen molar-refractivity contribution in [2.24, 2.45) is 0 Å². The largest absolute Gasteiger partial charge is 0.345 e. The predicted molar refractivity (Wildman–Crippen MR) is 154 cm³/mol. The SMILES string of the molecule is CCCCSc1ccc2cccc3c2c1CCC3C1=Cc2cccc3cccc(c23)C1NC(=O)CC. The summed E-state index contributed by atoms with van der Waals surface area (Å²) >= 11 is 2.02. The van der Waals surface area contributed by atoms with Gasteiger partial charge in [-0.3, -0.25) is 4.79 Å². The zero-order valence-electron chi connectivity index (χ0n) is 21.1. The van der Waals surface area contributed by atoms with Crippen LogP contribution in [0, 0.1) is 0 Å². The summed E-state index contributed by atoms with van der Waals surface area (Å²) in [6.07, 6.45) is 7.50. The van der Waals surface area contributed by atoms with Crippen molar-refractivity contribution in [1.82, 2.24) is 5.32 Å². The molecule has 182 valence electrons. The maximum absolute atomic E-state index is 12.8. The average molecular weight is 492 g/mol. The molecule has 0 saturated heterocycles. The van der Waals surface area contributed by atoms with Gasteiger partial charge in [0.25, 0.3) is 0 Å². The lowest BCUT2D eigenvalue weighted by Gasteiger charge is -2.36. The number of hydrogen-bond donors (Lipinski definition) is 1. The molecule has 4 aromatic carbocycles. The number of aryl methyl sites for hydroxylation is 1. The highest BCUT2D eigenvalue weighted by atomic mass is 32.2. The third-order valence-corrected chi connectivity index (χ3v) is 9.11. The fourth-order valence-electron chi connectivity index (χ4n) is 6.19. The molecule has 0 fully saturated rings. The molecule has 6 rings (SSSR count). The molecule has 36 heavy (non-hydrogen) atoms. The molecule has 2 atom stereocenters. The Morgan fingerprint density at radius 2 is 1.67 bits per heavy atom. The van der Waals surface area contributed by atoms with Crippen molar-refractivity contribution < 1.29 is 4.79 Å². The fraction of sp³-hybridized carbons (Fsp3) is 0.303. The lowest BCUT2D eigenvalue weighted by Crippen LogP contribution is -2.32. The van der Waals surface area contributed by atoms with Gasteiger partial charge in [-0.15, -0.1) is 11.8 Å². The Hall–Kier alpha value is -3.04. The fourth-order valence-corrected chi connectivity index (χ4v) is 7.38. The lowest BCUT2D eigenvalue weighted by atomic mass is 9.72. The van der Waals surface area contributed by atoms with Gasteiger partial charge < -0.3 is 5.32 Å². The zero-order valence-corrected chi connectivity index (χ0v) is 22.0. The molecule has 0 saturated carbocycles. The number of rotatable bonds is 7. The van der Waals surface area contributed by atoms with E-state index in [4.69, 9.17) is 0 Å². The van der Waals surface area contributed by atoms with Crippen LogP contribution < -0.4 is 5.32 Å². The van der Waals surface area contributed by atoms with Gasteiger partial charge in [0.05, 0.1) is 6.04 Å². The number of nitrogens with one attached hydrogen (secondary N) is 1. The van der Waals surface area contributed by atoms with E-state index in [1.807, 2.05) is 18.7 Å². The minimum Gasteiger partial charge on any atom is -0.345 e. The molecule has 3 heteroatoms. The molecule has 4 aromatic rings. The van der Waals surface area contributed by atoms with E-state index in [2.05, 4.69) is 85.0 Å². The highest BCUT2D eigenvalue weighted by molar-refractivity contribution is 7.99. The van der Waals surface area contributed by atoms with E-state index in [0.29, 0.717) is 6.42 Å². The second kappa shape index (κ2) is 9.78. The Labute approximate surface area is 218 Å². The molecule has 0 heterocycles. The third kappa shape index (κ3) is 3.94. The van der Waals surface area contributed by atoms with Crippen LogP contribution in [0.2, 0.25) is 0 Å². The number of carbonyl (C=O) groups excluding carboxylic acids is 1. The van der Waals surface area contributed by atoms with Crippen molar-refractivity contribution >= 4 is 45.3 Å². The van der Waals surface area contributed by atoms with Crippen LogP contribution in [0.4, 0.5) is 0 Å². The van der Waals surface area contributed by atoms with E-state index in [1.165, 1.54) is 72.9 Å². The number of benzene rings is 4. The molecule has 2 aliphatic rings. The van der Waals surface area contributed by atoms with Crippen molar-refractivity contribution in [3.63, 3.8) is 0 Å². The Morgan fingerprint density at radius 3 is 2.44 bits per heavy atom. The van der Waals surface area contributed by atoms with Gasteiger partial charge in [0.2, 0.25) is 5.91 Å². The molecule has 2 nitrogen and oxygen atoms in total. The van der Waals surface area contributed by atoms with Gasteiger partial charge in [-0.1, -0.05) is 87.0 Å². The summed E-state index contributed by atoms with van der Waals surface area (Å²) in [5, 5.41) is 8.69. The van der Waals surface area contributed by atoms with Gasteiger partial charge in [-0.05, 0) is 80.5 Å². The first-order chi connectivity index (χ1) is 17.7. The van der Waals surface area contributed by atoms with Crippen molar-refractivity contribution in [3.05, 3.63) is 94.6 Å². The van der Waals surface area contributed by atoms with E-state index in [1.54, 1.807) is 0 Å². The molecule has 1 N–H and O–H groups in total. The first kappa shape index (κ1) is 23.4. The number of thioether (sulfide) groups is 1. The summed E-state index contributed by atoms with van der Waals surface area (Å²) in [5.41, 5.74) is 6.75. The van der Waals surface area contributed by atoms with E-state index in [0.717, 1.165) is 12.8 Å². The van der Waals surface area contributed by atoms with Gasteiger partial charge >= 0.3 is 0 Å². The summed E-state index contributed by atoms with van der Waals surface area (Å²) in [5.74, 6) is 1.56. The highest BCUT2D eigenvalue weighted by Gasteiger charge is 2.34. The topological polar surface area (TPSA) is 29.1 Å². The van der Waals surface area contributed by atoms with Crippen LogP contribution >= 0.6 is 11.8 Å². The number of unbranched alkanes of at least 4 members (excludes halogenated alkanes) is 1. The highest BCUT2D eigenvalue weighted by Crippen LogP contribution is 2.49. The monoisotopic (exact) mass is 491 g/mol. The van der Waals surface area contributed by atoms with Crippen LogP contribution in [-0.4, -0.2) is 11.7 Å². The second-order valence-corrected chi connectivity index (χ2v) is 11.2. The van der Waals surface area contributed by atoms with Gasteiger partial charge in [0.1, 0.15) is 0 Å². The van der Waals surface area contributed by atoms with Crippen molar-refractivity contribution in [1.29, 1.82) is 0 Å². The second-order valence-electron chi connectivity index (χ2n) is 10.1. The standard InChI is InChI=1S/C33H33NOS/c1-3-5-19-36-29-18-15-22-11-7-13-25-24(16-17-26(29)32(22)25)28-20-23-12-6-9-21-10-8-14-27(31(21)23)33(28)34-30(35)4-2/h6-15,18,20,24,33H,3-5,16-17,19H2,1-2H3,(H,34,35). The van der Waals surface area contributed by atoms with Crippen LogP contribution in [0.1, 0.15) is 73.7 Å². The summed E-state index contributed by atoms with van der Waals surface area (Å²) in [6, 6.07) is 24.4. The summed E-state index contributed by atoms with van der Waals surface area (Å²) < 4.78 is 0. The van der Waals surface area contributed by atoms with E-state index in [-0.39, 0.29) is 17.9 Å². The minimum atomic E-state index is -0.0973. The quantitative estimate of drug-likeness (QED) is 0.207. The van der Waals surface area contributed by atoms with Gasteiger partial charge in [0.15, 0.2) is 0 Å². The molecule has 0 bridgehead atoms. The van der Waals surface area contributed by atoms with Crippen molar-refractivity contribution in [2.45, 2.75) is 62.8 Å². The smallest absolute Gasteiger partial charge is 0.220 e. The number of carbonyl (C=O) groups is 1. The lowest BCUT2D eigenvalue weighted by molar-refractivity contribution is -0.121. The van der Waals surface area contributed by atoms with Gasteiger partial charge in [-0.2, -0.15) is 0 Å². The van der Waals surface area contributed by atoms with E-state index >= 15 is 0 Å². The van der Waals surface area contributed by atoms with Crippen molar-refractivity contribution in [3.8, 4) is 0 Å². The molecule has 0 spiro atoms. The van der Waals surface area contributed by atoms with Crippen LogP contribution in [0.25, 0.3) is 27.6 Å². The molecule has 0 aliphatic heterocycles. The molecular formula is C33H33NOS. The maximum Gasteiger partial charge on any atom is 0.220 e. The van der Waals surface area contributed by atoms with E-state index in [9.17, 15) is 4.79 Å².